The lowest BCUT2D eigenvalue weighted by Gasteiger charge is -2.28. The zero-order valence-corrected chi connectivity index (χ0v) is 10.9. The first-order chi connectivity index (χ1) is 8.33. The molecule has 2 heterocycles. The fourth-order valence-electron chi connectivity index (χ4n) is 1.86. The Morgan fingerprint density at radius 2 is 2.24 bits per heavy atom. The smallest absolute Gasteiger partial charge is 0.170 e. The molecule has 0 radical (unpaired) electrons. The molecule has 0 aromatic carbocycles. The maximum atomic E-state index is 14.2. The molecule has 0 saturated carbocycles. The number of thioether (sulfide) groups is 1. The van der Waals surface area contributed by atoms with Gasteiger partial charge in [-0.15, -0.1) is 0 Å². The second-order valence-corrected chi connectivity index (χ2v) is 5.21. The Morgan fingerprint density at radius 1 is 1.47 bits per heavy atom. The molecule has 0 aliphatic carbocycles. The van der Waals surface area contributed by atoms with E-state index >= 15 is 0 Å². The molecule has 1 saturated heterocycles. The van der Waals surface area contributed by atoms with Gasteiger partial charge in [-0.25, -0.2) is 9.37 Å². The molecule has 1 aliphatic heterocycles. The number of aromatic nitrogens is 1. The molecule has 2 rings (SSSR count). The summed E-state index contributed by atoms with van der Waals surface area (Å²) in [4.78, 5) is 6.23. The van der Waals surface area contributed by atoms with E-state index in [1.54, 1.807) is 12.3 Å². The molecular formula is C12H18FN3S. The summed E-state index contributed by atoms with van der Waals surface area (Å²) in [5, 5.41) is 3.15. The first-order valence-corrected chi connectivity index (χ1v) is 7.15. The largest absolute Gasteiger partial charge is 0.353 e. The van der Waals surface area contributed by atoms with E-state index in [9.17, 15) is 4.39 Å². The number of hydrogen-bond donors (Lipinski definition) is 1. The van der Waals surface area contributed by atoms with Gasteiger partial charge in [0, 0.05) is 42.9 Å². The van der Waals surface area contributed by atoms with Crippen molar-refractivity contribution in [3.05, 3.63) is 23.6 Å². The van der Waals surface area contributed by atoms with Crippen LogP contribution in [0.1, 0.15) is 12.5 Å². The summed E-state index contributed by atoms with van der Waals surface area (Å²) in [6.07, 6.45) is 1.70. The monoisotopic (exact) mass is 255 g/mol. The Balaban J connectivity index is 2.15. The molecule has 1 aromatic rings. The van der Waals surface area contributed by atoms with E-state index in [0.29, 0.717) is 17.9 Å². The summed E-state index contributed by atoms with van der Waals surface area (Å²) < 4.78 is 14.2. The summed E-state index contributed by atoms with van der Waals surface area (Å²) >= 11 is 1.91. The maximum absolute atomic E-state index is 14.2. The van der Waals surface area contributed by atoms with E-state index in [-0.39, 0.29) is 5.82 Å². The van der Waals surface area contributed by atoms with E-state index in [1.165, 1.54) is 0 Å². The van der Waals surface area contributed by atoms with Gasteiger partial charge in [0.2, 0.25) is 0 Å². The lowest BCUT2D eigenvalue weighted by atomic mass is 10.2. The van der Waals surface area contributed by atoms with Gasteiger partial charge in [-0.1, -0.05) is 6.92 Å². The van der Waals surface area contributed by atoms with Gasteiger partial charge in [-0.05, 0) is 12.6 Å². The van der Waals surface area contributed by atoms with Gasteiger partial charge < -0.3 is 10.2 Å². The Hall–Kier alpha value is -0.810. The van der Waals surface area contributed by atoms with Gasteiger partial charge in [0.15, 0.2) is 11.6 Å². The third-order valence-corrected chi connectivity index (χ3v) is 3.77. The van der Waals surface area contributed by atoms with Gasteiger partial charge in [-0.2, -0.15) is 11.8 Å². The minimum atomic E-state index is -0.166. The van der Waals surface area contributed by atoms with Crippen molar-refractivity contribution in [2.45, 2.75) is 13.5 Å². The van der Waals surface area contributed by atoms with Crippen molar-refractivity contribution in [3.8, 4) is 0 Å². The van der Waals surface area contributed by atoms with Crippen LogP contribution in [0, 0.1) is 5.82 Å². The van der Waals surface area contributed by atoms with Crippen LogP contribution in [-0.4, -0.2) is 36.1 Å². The van der Waals surface area contributed by atoms with Crippen LogP contribution in [0.15, 0.2) is 12.3 Å². The molecule has 0 amide bonds. The summed E-state index contributed by atoms with van der Waals surface area (Å²) in [7, 11) is 0. The van der Waals surface area contributed by atoms with Crippen molar-refractivity contribution in [2.75, 3.05) is 36.0 Å². The molecule has 0 unspecified atom stereocenters. The van der Waals surface area contributed by atoms with Crippen LogP contribution < -0.4 is 10.2 Å². The molecule has 5 heteroatoms. The quantitative estimate of drug-likeness (QED) is 0.889. The van der Waals surface area contributed by atoms with Crippen LogP contribution in [-0.2, 0) is 6.54 Å². The molecule has 3 nitrogen and oxygen atoms in total. The third-order valence-electron chi connectivity index (χ3n) is 2.83. The Morgan fingerprint density at radius 3 is 2.94 bits per heavy atom. The summed E-state index contributed by atoms with van der Waals surface area (Å²) in [5.74, 6) is 2.46. The Bertz CT molecular complexity index is 367. The molecule has 94 valence electrons. The second kappa shape index (κ2) is 6.21. The van der Waals surface area contributed by atoms with Crippen molar-refractivity contribution in [1.29, 1.82) is 0 Å². The summed E-state index contributed by atoms with van der Waals surface area (Å²) in [6.45, 7) is 5.21. The number of anilines is 1. The van der Waals surface area contributed by atoms with E-state index in [0.717, 1.165) is 31.1 Å². The van der Waals surface area contributed by atoms with Crippen molar-refractivity contribution in [2.24, 2.45) is 0 Å². The highest BCUT2D eigenvalue weighted by Crippen LogP contribution is 2.22. The van der Waals surface area contributed by atoms with Crippen LogP contribution in [0.3, 0.4) is 0 Å². The number of nitrogens with zero attached hydrogens (tertiary/aromatic N) is 2. The van der Waals surface area contributed by atoms with Crippen molar-refractivity contribution >= 4 is 17.6 Å². The Labute approximate surface area is 106 Å². The fourth-order valence-corrected chi connectivity index (χ4v) is 2.77. The van der Waals surface area contributed by atoms with Gasteiger partial charge in [0.05, 0.1) is 0 Å². The van der Waals surface area contributed by atoms with Gasteiger partial charge in [0.25, 0.3) is 0 Å². The van der Waals surface area contributed by atoms with Crippen molar-refractivity contribution in [1.82, 2.24) is 10.3 Å². The average Bonchev–Trinajstić information content (AvgIpc) is 2.39. The number of nitrogens with one attached hydrogen (secondary N) is 1. The molecule has 1 fully saturated rings. The highest BCUT2D eigenvalue weighted by molar-refractivity contribution is 7.99. The average molecular weight is 255 g/mol. The highest BCUT2D eigenvalue weighted by atomic mass is 32.2. The normalized spacial score (nSPS) is 16.2. The van der Waals surface area contributed by atoms with Crippen LogP contribution >= 0.6 is 11.8 Å². The SMILES string of the molecule is CCNCc1ccnc(N2CCSCC2)c1F. The van der Waals surface area contributed by atoms with E-state index in [4.69, 9.17) is 0 Å². The van der Waals surface area contributed by atoms with E-state index < -0.39 is 0 Å². The minimum Gasteiger partial charge on any atom is -0.353 e. The van der Waals surface area contributed by atoms with Crippen LogP contribution in [0.25, 0.3) is 0 Å². The number of halogens is 1. The molecule has 0 spiro atoms. The summed E-state index contributed by atoms with van der Waals surface area (Å²) in [5.41, 5.74) is 0.704. The predicted octanol–water partition coefficient (Wildman–Crippen LogP) is 1.88. The third kappa shape index (κ3) is 3.10. The lowest BCUT2D eigenvalue weighted by Crippen LogP contribution is -2.34. The zero-order chi connectivity index (χ0) is 12.1. The summed E-state index contributed by atoms with van der Waals surface area (Å²) in [6, 6.07) is 1.75. The first kappa shape index (κ1) is 12.6. The zero-order valence-electron chi connectivity index (χ0n) is 10.1. The standard InChI is InChI=1S/C12H18FN3S/c1-2-14-9-10-3-4-15-12(11(10)13)16-5-7-17-8-6-16/h3-4,14H,2,5-9H2,1H3. The molecule has 1 aliphatic rings. The lowest BCUT2D eigenvalue weighted by molar-refractivity contribution is 0.581. The first-order valence-electron chi connectivity index (χ1n) is 5.99. The van der Waals surface area contributed by atoms with Crippen molar-refractivity contribution < 1.29 is 4.39 Å². The van der Waals surface area contributed by atoms with Gasteiger partial charge in [-0.3, -0.25) is 0 Å². The number of pyridine rings is 1. The van der Waals surface area contributed by atoms with Crippen LogP contribution in [0.4, 0.5) is 10.2 Å². The second-order valence-electron chi connectivity index (χ2n) is 3.99. The number of rotatable bonds is 4. The van der Waals surface area contributed by atoms with Gasteiger partial charge >= 0.3 is 0 Å². The number of hydrogen-bond acceptors (Lipinski definition) is 4. The molecule has 1 aromatic heterocycles. The fraction of sp³-hybridized carbons (Fsp3) is 0.583. The van der Waals surface area contributed by atoms with Crippen LogP contribution in [0.2, 0.25) is 0 Å². The van der Waals surface area contributed by atoms with Crippen LogP contribution in [0.5, 0.6) is 0 Å². The Kier molecular flexibility index (Phi) is 4.62. The molecule has 0 bridgehead atoms. The maximum Gasteiger partial charge on any atom is 0.170 e. The molecular weight excluding hydrogens is 237 g/mol. The molecule has 1 N–H and O–H groups in total. The van der Waals surface area contributed by atoms with E-state index in [2.05, 4.69) is 10.3 Å². The highest BCUT2D eigenvalue weighted by Gasteiger charge is 2.18. The predicted molar refractivity (Wildman–Crippen MR) is 71.1 cm³/mol. The van der Waals surface area contributed by atoms with E-state index in [1.807, 2.05) is 23.6 Å². The van der Waals surface area contributed by atoms with Crippen molar-refractivity contribution in [3.63, 3.8) is 0 Å². The molecule has 0 atom stereocenters. The molecule has 17 heavy (non-hydrogen) atoms. The van der Waals surface area contributed by atoms with Gasteiger partial charge in [0.1, 0.15) is 0 Å². The minimum absolute atomic E-state index is 0.166. The topological polar surface area (TPSA) is 28.2 Å².